The molecule has 0 spiro atoms. The molecule has 3 heterocycles. The van der Waals surface area contributed by atoms with Gasteiger partial charge >= 0.3 is 10.2 Å². The molecule has 0 radical (unpaired) electrons. The zero-order valence-electron chi connectivity index (χ0n) is 26.7. The van der Waals surface area contributed by atoms with E-state index in [2.05, 4.69) is 24.7 Å². The second kappa shape index (κ2) is 13.0. The molecular weight excluding hydrogens is 640 g/mol. The zero-order chi connectivity index (χ0) is 33.4. The first kappa shape index (κ1) is 33.9. The lowest BCUT2D eigenvalue weighted by atomic mass is 9.94. The number of carbonyl (C=O) groups excluding carboxylic acids is 1. The van der Waals surface area contributed by atoms with E-state index >= 15 is 13.2 Å². The van der Waals surface area contributed by atoms with Crippen LogP contribution in [0.15, 0.2) is 36.4 Å². The van der Waals surface area contributed by atoms with E-state index < -0.39 is 60.3 Å². The number of nitrogens with one attached hydrogen (secondary N) is 1. The molecule has 0 saturated carbocycles. The number of rotatable bonds is 12. The number of carbonyl (C=O) groups is 1. The maximum atomic E-state index is 16.4. The van der Waals surface area contributed by atoms with Crippen LogP contribution in [-0.2, 0) is 52.0 Å². The summed E-state index contributed by atoms with van der Waals surface area (Å²) in [5.74, 6) is -5.89. The van der Waals surface area contributed by atoms with E-state index in [0.29, 0.717) is 29.6 Å². The normalized spacial score (nSPS) is 17.7. The predicted octanol–water partition coefficient (Wildman–Crippen LogP) is 4.86. The lowest BCUT2D eigenvalue weighted by Crippen LogP contribution is -2.42. The van der Waals surface area contributed by atoms with Gasteiger partial charge in [0.1, 0.15) is 31.3 Å². The number of anilines is 1. The van der Waals surface area contributed by atoms with Crippen molar-refractivity contribution in [3.8, 4) is 5.75 Å². The number of alkyl halides is 2. The minimum Gasteiger partial charge on any atom is -0.487 e. The highest BCUT2D eigenvalue weighted by molar-refractivity contribution is 7.92. The van der Waals surface area contributed by atoms with Crippen molar-refractivity contribution < 1.29 is 35.9 Å². The molecule has 2 aromatic carbocycles. The van der Waals surface area contributed by atoms with Crippen LogP contribution in [0.25, 0.3) is 0 Å². The highest BCUT2D eigenvalue weighted by atomic mass is 32.2. The molecule has 0 bridgehead atoms. The third-order valence-electron chi connectivity index (χ3n) is 8.23. The fraction of sp³-hybridized carbons (Fsp3) is 0.484. The van der Waals surface area contributed by atoms with Crippen molar-refractivity contribution in [1.29, 1.82) is 0 Å². The van der Waals surface area contributed by atoms with Crippen LogP contribution >= 0.6 is 0 Å². The second-order valence-electron chi connectivity index (χ2n) is 13.0. The molecule has 2 aliphatic rings. The average molecular weight is 680 g/mol. The fourth-order valence-corrected chi connectivity index (χ4v) is 7.60. The van der Waals surface area contributed by atoms with Crippen molar-refractivity contribution in [2.24, 2.45) is 0 Å². The number of hydrogen-bond acceptors (Lipinski definition) is 7. The van der Waals surface area contributed by atoms with Gasteiger partial charge in [-0.2, -0.15) is 22.3 Å². The van der Waals surface area contributed by atoms with Crippen molar-refractivity contribution in [1.82, 2.24) is 19.4 Å². The molecule has 250 valence electrons. The number of aryl methyl sites for hydroxylation is 1. The Kier molecular flexibility index (Phi) is 9.60. The fourth-order valence-electron chi connectivity index (χ4n) is 5.68. The Bertz CT molecular complexity index is 1710. The summed E-state index contributed by atoms with van der Waals surface area (Å²) >= 11 is 0. The van der Waals surface area contributed by atoms with Gasteiger partial charge in [-0.05, 0) is 43.5 Å². The van der Waals surface area contributed by atoms with Crippen molar-refractivity contribution in [3.63, 3.8) is 0 Å². The van der Waals surface area contributed by atoms with E-state index in [0.717, 1.165) is 29.1 Å². The van der Waals surface area contributed by atoms with Crippen LogP contribution in [0.5, 0.6) is 5.75 Å². The van der Waals surface area contributed by atoms with E-state index in [1.165, 1.54) is 4.90 Å². The van der Waals surface area contributed by atoms with E-state index in [1.54, 1.807) is 35.0 Å². The summed E-state index contributed by atoms with van der Waals surface area (Å²) in [5, 5.41) is 4.58. The minimum absolute atomic E-state index is 0.130. The smallest absolute Gasteiger partial charge is 0.326 e. The molecular formula is C31H40F3N5O5SSi. The SMILES string of the molecule is Cc1nn(COCC[Si](C)(C)C)c(C)c1CCN1Cc2c(cc(OCc3ccccc3)c(N3CC(=O)NS3(=O)=O)c2F)C(F)(F)C1. The summed E-state index contributed by atoms with van der Waals surface area (Å²) in [7, 11) is -5.70. The van der Waals surface area contributed by atoms with Gasteiger partial charge in [-0.25, -0.2) is 18.1 Å². The van der Waals surface area contributed by atoms with Gasteiger partial charge in [-0.1, -0.05) is 50.0 Å². The first-order chi connectivity index (χ1) is 21.6. The number of benzene rings is 2. The molecule has 15 heteroatoms. The number of hydrogen-bond donors (Lipinski definition) is 1. The van der Waals surface area contributed by atoms with Crippen LogP contribution in [0.3, 0.4) is 0 Å². The quantitative estimate of drug-likeness (QED) is 0.215. The summed E-state index contributed by atoms with van der Waals surface area (Å²) in [6, 6.07) is 10.8. The molecule has 3 aromatic rings. The van der Waals surface area contributed by atoms with E-state index in [1.807, 2.05) is 18.6 Å². The Balaban J connectivity index is 1.39. The highest BCUT2D eigenvalue weighted by Crippen LogP contribution is 2.46. The first-order valence-electron chi connectivity index (χ1n) is 15.1. The third kappa shape index (κ3) is 7.42. The van der Waals surface area contributed by atoms with Crippen molar-refractivity contribution >= 4 is 29.9 Å². The minimum atomic E-state index is -4.46. The van der Waals surface area contributed by atoms with Gasteiger partial charge in [0.2, 0.25) is 0 Å². The van der Waals surface area contributed by atoms with Crippen LogP contribution in [0.4, 0.5) is 18.9 Å². The van der Waals surface area contributed by atoms with Crippen LogP contribution in [0.2, 0.25) is 25.7 Å². The summed E-state index contributed by atoms with van der Waals surface area (Å²) in [6.45, 7) is 10.0. The topological polar surface area (TPSA) is 106 Å². The largest absolute Gasteiger partial charge is 0.487 e. The number of aromatic nitrogens is 2. The molecule has 10 nitrogen and oxygen atoms in total. The number of amides is 1. The zero-order valence-corrected chi connectivity index (χ0v) is 28.5. The van der Waals surface area contributed by atoms with E-state index in [-0.39, 0.29) is 31.0 Å². The molecule has 1 N–H and O–H groups in total. The van der Waals surface area contributed by atoms with Gasteiger partial charge in [-0.15, -0.1) is 0 Å². The molecule has 1 aromatic heterocycles. The molecule has 1 fully saturated rings. The molecule has 46 heavy (non-hydrogen) atoms. The molecule has 0 atom stereocenters. The number of ether oxygens (including phenoxy) is 2. The number of halogens is 3. The van der Waals surface area contributed by atoms with Crippen molar-refractivity contribution in [3.05, 3.63) is 75.9 Å². The van der Waals surface area contributed by atoms with Crippen LogP contribution in [-0.4, -0.2) is 63.3 Å². The maximum absolute atomic E-state index is 16.4. The molecule has 0 aliphatic carbocycles. The molecule has 5 rings (SSSR count). The van der Waals surface area contributed by atoms with Crippen molar-refractivity contribution in [2.75, 3.05) is 30.5 Å². The number of nitrogens with zero attached hydrogens (tertiary/aromatic N) is 4. The molecule has 1 amide bonds. The van der Waals surface area contributed by atoms with Gasteiger partial charge < -0.3 is 9.47 Å². The van der Waals surface area contributed by atoms with Crippen LogP contribution < -0.4 is 13.8 Å². The average Bonchev–Trinajstić information content (AvgIpc) is 3.40. The van der Waals surface area contributed by atoms with Gasteiger partial charge in [0.25, 0.3) is 11.8 Å². The monoisotopic (exact) mass is 679 g/mol. The van der Waals surface area contributed by atoms with Crippen LogP contribution in [0.1, 0.15) is 33.6 Å². The Morgan fingerprint density at radius 1 is 1.11 bits per heavy atom. The maximum Gasteiger partial charge on any atom is 0.326 e. The van der Waals surface area contributed by atoms with Gasteiger partial charge in [-0.3, -0.25) is 9.69 Å². The van der Waals surface area contributed by atoms with Gasteiger partial charge in [0.05, 0.1) is 12.2 Å². The Morgan fingerprint density at radius 2 is 1.83 bits per heavy atom. The molecule has 2 aliphatic heterocycles. The lowest BCUT2D eigenvalue weighted by molar-refractivity contribution is -0.117. The Hall–Kier alpha value is -3.40. The highest BCUT2D eigenvalue weighted by Gasteiger charge is 2.45. The lowest BCUT2D eigenvalue weighted by Gasteiger charge is -2.36. The predicted molar refractivity (Wildman–Crippen MR) is 170 cm³/mol. The standard InChI is InChI=1S/C31H40F3N5O5SSi/c1-21-24(22(2)38(35-21)20-43-13-14-46(3,4)5)11-12-37-16-25-26(31(33,34)19-37)15-27(44-18-23-9-7-6-8-10-23)30(29(25)32)39-17-28(40)36-45(39,41)42/h6-10,15H,11-14,16-20H2,1-5H3,(H,36,40). The first-order valence-corrected chi connectivity index (χ1v) is 20.3. The third-order valence-corrected chi connectivity index (χ3v) is 11.3. The molecule has 1 saturated heterocycles. The molecule has 0 unspecified atom stereocenters. The van der Waals surface area contributed by atoms with E-state index in [9.17, 15) is 13.2 Å². The second-order valence-corrected chi connectivity index (χ2v) is 20.3. The van der Waals surface area contributed by atoms with E-state index in [4.69, 9.17) is 9.47 Å². The summed E-state index contributed by atoms with van der Waals surface area (Å²) < 4.78 is 89.1. The van der Waals surface area contributed by atoms with Crippen LogP contribution in [0, 0.1) is 19.7 Å². The Morgan fingerprint density at radius 3 is 2.48 bits per heavy atom. The Labute approximate surface area is 268 Å². The van der Waals surface area contributed by atoms with Gasteiger partial charge in [0, 0.05) is 44.6 Å². The number of fused-ring (bicyclic) bond motifs is 1. The van der Waals surface area contributed by atoms with Gasteiger partial charge in [0.15, 0.2) is 5.82 Å². The summed E-state index contributed by atoms with van der Waals surface area (Å²) in [4.78, 5) is 13.5. The summed E-state index contributed by atoms with van der Waals surface area (Å²) in [5.41, 5.74) is 1.72. The summed E-state index contributed by atoms with van der Waals surface area (Å²) in [6.07, 6.45) is 0.393. The van der Waals surface area contributed by atoms with Crippen molar-refractivity contribution in [2.45, 2.75) is 71.8 Å².